The number of hydrogen-bond donors (Lipinski definition) is 2. The number of nitrogens with two attached hydrogens (primary N) is 1. The number of ether oxygens (including phenoxy) is 1. The van der Waals surface area contributed by atoms with Crippen LogP contribution in [0.5, 0.6) is 0 Å². The highest BCUT2D eigenvalue weighted by atomic mass is 16.5. The van der Waals surface area contributed by atoms with E-state index in [1.807, 2.05) is 25.1 Å². The molecule has 4 heteroatoms. The molecule has 1 aromatic rings. The predicted octanol–water partition coefficient (Wildman–Crippen LogP) is 1.62. The summed E-state index contributed by atoms with van der Waals surface area (Å²) in [6, 6.07) is 5.55. The van der Waals surface area contributed by atoms with Crippen LogP contribution in [0.1, 0.15) is 25.0 Å². The molecule has 3 N–H and O–H groups in total. The van der Waals surface area contributed by atoms with Gasteiger partial charge in [-0.1, -0.05) is 18.2 Å². The fourth-order valence-corrected chi connectivity index (χ4v) is 1.51. The van der Waals surface area contributed by atoms with E-state index in [0.717, 1.165) is 16.8 Å². The number of carbonyl (C=O) groups is 1. The van der Waals surface area contributed by atoms with Gasteiger partial charge in [-0.15, -0.1) is 0 Å². The number of benzene rings is 1. The third-order valence-corrected chi connectivity index (χ3v) is 2.65. The first-order valence-electron chi connectivity index (χ1n) is 5.80. The van der Waals surface area contributed by atoms with Crippen molar-refractivity contribution >= 4 is 11.7 Å². The largest absolute Gasteiger partial charge is 0.465 e. The summed E-state index contributed by atoms with van der Waals surface area (Å²) < 4.78 is 4.91. The Hall–Kier alpha value is -1.55. The maximum absolute atomic E-state index is 11.4. The molecule has 0 heterocycles. The average Bonchev–Trinajstić information content (AvgIpc) is 2.31. The van der Waals surface area contributed by atoms with Gasteiger partial charge in [0.25, 0.3) is 0 Å². The molecule has 0 saturated carbocycles. The molecule has 0 fully saturated rings. The van der Waals surface area contributed by atoms with Crippen molar-refractivity contribution in [3.05, 3.63) is 29.3 Å². The lowest BCUT2D eigenvalue weighted by atomic mass is 10.1. The Kier molecular flexibility index (Phi) is 4.97. The molecule has 0 aliphatic rings. The van der Waals surface area contributed by atoms with Crippen molar-refractivity contribution in [1.82, 2.24) is 5.32 Å². The third kappa shape index (κ3) is 3.75. The second-order valence-corrected chi connectivity index (χ2v) is 4.00. The van der Waals surface area contributed by atoms with Crippen LogP contribution in [-0.2, 0) is 16.1 Å². The van der Waals surface area contributed by atoms with Crippen LogP contribution in [0, 0.1) is 6.92 Å². The van der Waals surface area contributed by atoms with E-state index in [0.29, 0.717) is 13.2 Å². The smallest absolute Gasteiger partial charge is 0.322 e. The number of anilines is 1. The fraction of sp³-hybridized carbons (Fsp3) is 0.462. The van der Waals surface area contributed by atoms with Crippen LogP contribution in [0.3, 0.4) is 0 Å². The van der Waals surface area contributed by atoms with Crippen LogP contribution < -0.4 is 11.1 Å². The topological polar surface area (TPSA) is 64.3 Å². The van der Waals surface area contributed by atoms with Crippen molar-refractivity contribution in [1.29, 1.82) is 0 Å². The van der Waals surface area contributed by atoms with Crippen molar-refractivity contribution in [3.63, 3.8) is 0 Å². The van der Waals surface area contributed by atoms with E-state index in [2.05, 4.69) is 5.32 Å². The molecule has 94 valence electrons. The van der Waals surface area contributed by atoms with Crippen LogP contribution in [0.25, 0.3) is 0 Å². The van der Waals surface area contributed by atoms with Gasteiger partial charge in [-0.05, 0) is 31.9 Å². The molecule has 0 aliphatic carbocycles. The van der Waals surface area contributed by atoms with Gasteiger partial charge >= 0.3 is 5.97 Å². The van der Waals surface area contributed by atoms with Gasteiger partial charge in [0.15, 0.2) is 0 Å². The summed E-state index contributed by atoms with van der Waals surface area (Å²) in [5.41, 5.74) is 8.77. The first-order valence-corrected chi connectivity index (χ1v) is 5.80. The minimum atomic E-state index is -0.324. The lowest BCUT2D eigenvalue weighted by Crippen LogP contribution is -2.35. The minimum Gasteiger partial charge on any atom is -0.465 e. The quantitative estimate of drug-likeness (QED) is 0.602. The van der Waals surface area contributed by atoms with Crippen molar-refractivity contribution in [2.24, 2.45) is 0 Å². The highest BCUT2D eigenvalue weighted by Crippen LogP contribution is 2.16. The molecular weight excluding hydrogens is 216 g/mol. The standard InChI is InChI=1S/C13H20N2O2/c1-4-17-13(16)10(3)15-8-11-7-5-6-9(2)12(11)14/h5-7,10,15H,4,8,14H2,1-3H3/t10-/m1/s1. The zero-order chi connectivity index (χ0) is 12.8. The number of nitrogens with one attached hydrogen (secondary N) is 1. The van der Waals surface area contributed by atoms with Gasteiger partial charge in [0.1, 0.15) is 6.04 Å². The number of para-hydroxylation sites is 1. The molecule has 0 aromatic heterocycles. The SMILES string of the molecule is CCOC(=O)[C@@H](C)NCc1cccc(C)c1N. The van der Waals surface area contributed by atoms with Gasteiger partial charge < -0.3 is 15.8 Å². The van der Waals surface area contributed by atoms with Gasteiger partial charge in [-0.3, -0.25) is 4.79 Å². The Morgan fingerprint density at radius 3 is 2.88 bits per heavy atom. The van der Waals surface area contributed by atoms with Crippen molar-refractivity contribution < 1.29 is 9.53 Å². The molecule has 0 saturated heterocycles. The number of aryl methyl sites for hydroxylation is 1. The Labute approximate surface area is 102 Å². The van der Waals surface area contributed by atoms with Crippen molar-refractivity contribution in [3.8, 4) is 0 Å². The van der Waals surface area contributed by atoms with Gasteiger partial charge in [-0.25, -0.2) is 0 Å². The minimum absolute atomic E-state index is 0.237. The first kappa shape index (κ1) is 13.5. The molecule has 1 rings (SSSR count). The van der Waals surface area contributed by atoms with E-state index in [4.69, 9.17) is 10.5 Å². The van der Waals surface area contributed by atoms with Gasteiger partial charge in [0, 0.05) is 12.2 Å². The molecule has 0 aliphatic heterocycles. The second kappa shape index (κ2) is 6.25. The van der Waals surface area contributed by atoms with Crippen LogP contribution in [0.4, 0.5) is 5.69 Å². The fourth-order valence-electron chi connectivity index (χ4n) is 1.51. The van der Waals surface area contributed by atoms with Crippen molar-refractivity contribution in [2.45, 2.75) is 33.4 Å². The van der Waals surface area contributed by atoms with E-state index < -0.39 is 0 Å². The summed E-state index contributed by atoms with van der Waals surface area (Å²) in [7, 11) is 0. The zero-order valence-electron chi connectivity index (χ0n) is 10.6. The zero-order valence-corrected chi connectivity index (χ0v) is 10.6. The van der Waals surface area contributed by atoms with Crippen molar-refractivity contribution in [2.75, 3.05) is 12.3 Å². The Bertz CT molecular complexity index is 391. The Morgan fingerprint density at radius 2 is 2.24 bits per heavy atom. The van der Waals surface area contributed by atoms with Crippen LogP contribution in [0.15, 0.2) is 18.2 Å². The van der Waals surface area contributed by atoms with Crippen LogP contribution in [0.2, 0.25) is 0 Å². The number of carbonyl (C=O) groups excluding carboxylic acids is 1. The number of nitrogen functional groups attached to an aromatic ring is 1. The first-order chi connectivity index (χ1) is 8.06. The number of rotatable bonds is 5. The summed E-state index contributed by atoms with van der Waals surface area (Å²) in [5.74, 6) is -0.237. The average molecular weight is 236 g/mol. The van der Waals surface area contributed by atoms with E-state index in [1.165, 1.54) is 0 Å². The molecule has 0 unspecified atom stereocenters. The molecule has 0 radical (unpaired) electrons. The van der Waals surface area contributed by atoms with E-state index in [-0.39, 0.29) is 12.0 Å². The molecule has 4 nitrogen and oxygen atoms in total. The highest BCUT2D eigenvalue weighted by molar-refractivity contribution is 5.75. The molecule has 0 spiro atoms. The molecule has 1 aromatic carbocycles. The van der Waals surface area contributed by atoms with Gasteiger partial charge in [-0.2, -0.15) is 0 Å². The summed E-state index contributed by atoms with van der Waals surface area (Å²) in [4.78, 5) is 11.4. The highest BCUT2D eigenvalue weighted by Gasteiger charge is 2.13. The second-order valence-electron chi connectivity index (χ2n) is 4.00. The molecule has 0 bridgehead atoms. The Morgan fingerprint density at radius 1 is 1.53 bits per heavy atom. The summed E-state index contributed by atoms with van der Waals surface area (Å²) in [5, 5.41) is 3.10. The van der Waals surface area contributed by atoms with E-state index in [9.17, 15) is 4.79 Å². The normalized spacial score (nSPS) is 12.2. The summed E-state index contributed by atoms with van der Waals surface area (Å²) in [6.45, 7) is 6.51. The lowest BCUT2D eigenvalue weighted by Gasteiger charge is -2.14. The molecular formula is C13H20N2O2. The predicted molar refractivity (Wildman–Crippen MR) is 68.5 cm³/mol. The molecule has 0 amide bonds. The molecule has 17 heavy (non-hydrogen) atoms. The summed E-state index contributed by atoms with van der Waals surface area (Å²) in [6.07, 6.45) is 0. The monoisotopic (exact) mass is 236 g/mol. The maximum Gasteiger partial charge on any atom is 0.322 e. The summed E-state index contributed by atoms with van der Waals surface area (Å²) >= 11 is 0. The number of esters is 1. The van der Waals surface area contributed by atoms with Crippen LogP contribution >= 0.6 is 0 Å². The number of hydrogen-bond acceptors (Lipinski definition) is 4. The van der Waals surface area contributed by atoms with E-state index >= 15 is 0 Å². The maximum atomic E-state index is 11.4. The van der Waals surface area contributed by atoms with E-state index in [1.54, 1.807) is 13.8 Å². The van der Waals surface area contributed by atoms with Crippen LogP contribution in [-0.4, -0.2) is 18.6 Å². The lowest BCUT2D eigenvalue weighted by molar-refractivity contribution is -0.145. The van der Waals surface area contributed by atoms with Gasteiger partial charge in [0.05, 0.1) is 6.61 Å². The molecule has 1 atom stereocenters. The third-order valence-electron chi connectivity index (χ3n) is 2.65. The Balaban J connectivity index is 2.56. The van der Waals surface area contributed by atoms with Gasteiger partial charge in [0.2, 0.25) is 0 Å².